The molecule has 1 saturated heterocycles. The molecular formula is C31H37NO6. The number of imide groups is 1. The van der Waals surface area contributed by atoms with Gasteiger partial charge in [-0.05, 0) is 92.4 Å². The molecule has 7 heteroatoms. The molecule has 8 unspecified atom stereocenters. The third kappa shape index (κ3) is 3.02. The lowest BCUT2D eigenvalue weighted by Crippen LogP contribution is -2.65. The summed E-state index contributed by atoms with van der Waals surface area (Å²) in [6.45, 7) is 8.51. The fourth-order valence-corrected chi connectivity index (χ4v) is 9.97. The minimum Gasteiger partial charge on any atom is -0.481 e. The van der Waals surface area contributed by atoms with Crippen molar-refractivity contribution in [1.82, 2.24) is 0 Å². The molecule has 1 aliphatic heterocycles. The number of anilines is 1. The number of carboxylic acid groups (broad SMARTS) is 2. The minimum absolute atomic E-state index is 0.0393. The van der Waals surface area contributed by atoms with Gasteiger partial charge < -0.3 is 10.2 Å². The zero-order valence-corrected chi connectivity index (χ0v) is 22.6. The van der Waals surface area contributed by atoms with Gasteiger partial charge in [-0.1, -0.05) is 38.8 Å². The zero-order chi connectivity index (χ0) is 27.4. The first-order valence-corrected chi connectivity index (χ1v) is 14.0. The summed E-state index contributed by atoms with van der Waals surface area (Å²) in [6.07, 6.45) is 7.13. The number of carboxylic acids is 2. The Hall–Kier alpha value is -2.96. The molecule has 1 heterocycles. The number of amides is 2. The molecule has 7 rings (SSSR count). The molecule has 38 heavy (non-hydrogen) atoms. The Bertz CT molecular complexity index is 1280. The number of allylic oxidation sites excluding steroid dienone is 2. The third-order valence-electron chi connectivity index (χ3n) is 11.5. The maximum atomic E-state index is 14.3. The summed E-state index contributed by atoms with van der Waals surface area (Å²) in [6, 6.07) is 5.99. The SMILES string of the molecule is CC(C)C1=CC23CCC4C(C)(C(=O)O)CCCC4(C)C2CC1C1C(=O)N(c2ccc(C(=O)O)cc2)C(=O)C13. The van der Waals surface area contributed by atoms with Gasteiger partial charge >= 0.3 is 11.9 Å². The molecular weight excluding hydrogens is 482 g/mol. The molecule has 8 atom stereocenters. The Kier molecular flexibility index (Phi) is 5.35. The molecule has 2 N–H and O–H groups in total. The second-order valence-corrected chi connectivity index (χ2v) is 13.3. The fraction of sp³-hybridized carbons (Fsp3) is 0.613. The van der Waals surface area contributed by atoms with Gasteiger partial charge in [0.1, 0.15) is 0 Å². The number of fused-ring (bicyclic) bond motifs is 1. The molecule has 0 aromatic heterocycles. The summed E-state index contributed by atoms with van der Waals surface area (Å²) in [5, 5.41) is 19.6. The molecule has 2 bridgehead atoms. The Labute approximate surface area is 223 Å². The zero-order valence-electron chi connectivity index (χ0n) is 22.6. The van der Waals surface area contributed by atoms with E-state index in [1.165, 1.54) is 22.6 Å². The summed E-state index contributed by atoms with van der Waals surface area (Å²) in [4.78, 5) is 53.5. The first-order chi connectivity index (χ1) is 17.9. The molecule has 3 saturated carbocycles. The van der Waals surface area contributed by atoms with Crippen molar-refractivity contribution in [2.45, 2.75) is 66.2 Å². The van der Waals surface area contributed by atoms with Crippen LogP contribution in [0.15, 0.2) is 35.9 Å². The van der Waals surface area contributed by atoms with E-state index in [-0.39, 0.29) is 46.5 Å². The highest BCUT2D eigenvalue weighted by molar-refractivity contribution is 6.23. The summed E-state index contributed by atoms with van der Waals surface area (Å²) >= 11 is 0. The van der Waals surface area contributed by atoms with Gasteiger partial charge in [0, 0.05) is 5.41 Å². The minimum atomic E-state index is -1.05. The van der Waals surface area contributed by atoms with Crippen LogP contribution in [0.25, 0.3) is 0 Å². The van der Waals surface area contributed by atoms with Crippen molar-refractivity contribution in [3.63, 3.8) is 0 Å². The smallest absolute Gasteiger partial charge is 0.335 e. The average Bonchev–Trinajstić information content (AvgIpc) is 3.15. The molecule has 1 spiro atoms. The number of rotatable bonds is 4. The van der Waals surface area contributed by atoms with Crippen LogP contribution in [0.5, 0.6) is 0 Å². The fourth-order valence-electron chi connectivity index (χ4n) is 9.97. The summed E-state index contributed by atoms with van der Waals surface area (Å²) < 4.78 is 0. The first-order valence-electron chi connectivity index (χ1n) is 14.0. The van der Waals surface area contributed by atoms with Crippen LogP contribution in [-0.4, -0.2) is 34.0 Å². The van der Waals surface area contributed by atoms with Crippen molar-refractivity contribution >= 4 is 29.4 Å². The number of benzene rings is 1. The Morgan fingerprint density at radius 3 is 2.26 bits per heavy atom. The maximum absolute atomic E-state index is 14.3. The molecule has 0 radical (unpaired) electrons. The monoisotopic (exact) mass is 519 g/mol. The molecule has 1 aromatic rings. The molecule has 4 fully saturated rings. The second-order valence-electron chi connectivity index (χ2n) is 13.3. The first kappa shape index (κ1) is 25.3. The number of hydrogen-bond donors (Lipinski definition) is 2. The van der Waals surface area contributed by atoms with E-state index < -0.39 is 34.6 Å². The van der Waals surface area contributed by atoms with Crippen LogP contribution in [0.2, 0.25) is 0 Å². The summed E-state index contributed by atoms with van der Waals surface area (Å²) in [5.41, 5.74) is 0.343. The molecule has 1 aromatic carbocycles. The normalized spacial score (nSPS) is 41.4. The Morgan fingerprint density at radius 1 is 0.974 bits per heavy atom. The average molecular weight is 520 g/mol. The van der Waals surface area contributed by atoms with Crippen molar-refractivity contribution in [2.75, 3.05) is 4.90 Å². The van der Waals surface area contributed by atoms with Crippen LogP contribution in [-0.2, 0) is 14.4 Å². The molecule has 6 aliphatic rings. The highest BCUT2D eigenvalue weighted by atomic mass is 16.4. The van der Waals surface area contributed by atoms with Crippen molar-refractivity contribution in [3.8, 4) is 0 Å². The molecule has 202 valence electrons. The number of carbonyl (C=O) groups is 4. The number of aliphatic carboxylic acids is 1. The second kappa shape index (κ2) is 8.03. The van der Waals surface area contributed by atoms with Crippen molar-refractivity contribution < 1.29 is 29.4 Å². The van der Waals surface area contributed by atoms with Crippen LogP contribution < -0.4 is 4.90 Å². The topological polar surface area (TPSA) is 112 Å². The third-order valence-corrected chi connectivity index (χ3v) is 11.5. The van der Waals surface area contributed by atoms with E-state index in [1.807, 2.05) is 6.92 Å². The lowest BCUT2D eigenvalue weighted by atomic mass is 9.34. The number of carbonyl (C=O) groups excluding carboxylic acids is 2. The van der Waals surface area contributed by atoms with E-state index in [0.717, 1.165) is 32.1 Å². The van der Waals surface area contributed by atoms with Gasteiger partial charge in [-0.2, -0.15) is 0 Å². The quantitative estimate of drug-likeness (QED) is 0.407. The van der Waals surface area contributed by atoms with Crippen LogP contribution in [0.3, 0.4) is 0 Å². The lowest BCUT2D eigenvalue weighted by Gasteiger charge is -2.68. The van der Waals surface area contributed by atoms with Gasteiger partial charge in [0.25, 0.3) is 0 Å². The predicted molar refractivity (Wildman–Crippen MR) is 140 cm³/mol. The van der Waals surface area contributed by atoms with Gasteiger partial charge in [-0.3, -0.25) is 19.3 Å². The molecule has 7 nitrogen and oxygen atoms in total. The van der Waals surface area contributed by atoms with Crippen LogP contribution >= 0.6 is 0 Å². The number of aromatic carboxylic acids is 1. The number of nitrogens with zero attached hydrogens (tertiary/aromatic N) is 1. The van der Waals surface area contributed by atoms with Gasteiger partial charge in [0.15, 0.2) is 0 Å². The van der Waals surface area contributed by atoms with Crippen LogP contribution in [0, 0.1) is 51.8 Å². The Morgan fingerprint density at radius 2 is 1.66 bits per heavy atom. The highest BCUT2D eigenvalue weighted by Gasteiger charge is 2.73. The van der Waals surface area contributed by atoms with E-state index >= 15 is 0 Å². The van der Waals surface area contributed by atoms with Gasteiger partial charge in [0.05, 0.1) is 28.5 Å². The van der Waals surface area contributed by atoms with E-state index in [2.05, 4.69) is 26.8 Å². The van der Waals surface area contributed by atoms with Crippen LogP contribution in [0.4, 0.5) is 5.69 Å². The maximum Gasteiger partial charge on any atom is 0.335 e. The van der Waals surface area contributed by atoms with E-state index in [0.29, 0.717) is 12.1 Å². The summed E-state index contributed by atoms with van der Waals surface area (Å²) in [7, 11) is 0. The van der Waals surface area contributed by atoms with Gasteiger partial charge in [0.2, 0.25) is 11.8 Å². The number of hydrogen-bond acceptors (Lipinski definition) is 4. The van der Waals surface area contributed by atoms with E-state index in [4.69, 9.17) is 0 Å². The molecule has 2 amide bonds. The molecule has 5 aliphatic carbocycles. The largest absolute Gasteiger partial charge is 0.481 e. The highest BCUT2D eigenvalue weighted by Crippen LogP contribution is 2.74. The lowest BCUT2D eigenvalue weighted by molar-refractivity contribution is -0.194. The van der Waals surface area contributed by atoms with Crippen LogP contribution in [0.1, 0.15) is 76.6 Å². The van der Waals surface area contributed by atoms with E-state index in [9.17, 15) is 29.4 Å². The van der Waals surface area contributed by atoms with Gasteiger partial charge in [-0.25, -0.2) is 4.79 Å². The predicted octanol–water partition coefficient (Wildman–Crippen LogP) is 5.40. The van der Waals surface area contributed by atoms with Gasteiger partial charge in [-0.15, -0.1) is 0 Å². The van der Waals surface area contributed by atoms with Crippen molar-refractivity contribution in [1.29, 1.82) is 0 Å². The summed E-state index contributed by atoms with van der Waals surface area (Å²) in [5.74, 6) is -2.62. The Balaban J connectivity index is 1.46. The standard InChI is InChI=1S/C31H37NO6/c1-16(2)20-15-31-13-10-21-29(3,11-5-12-30(21,4)28(37)38)22(31)14-19(20)23-24(31)26(34)32(25(23)33)18-8-6-17(7-9-18)27(35)36/h6-9,15-16,19,21-24H,5,10-14H2,1-4H3,(H,35,36)(H,37,38). The van der Waals surface area contributed by atoms with Crippen molar-refractivity contribution in [3.05, 3.63) is 41.5 Å². The van der Waals surface area contributed by atoms with Crippen molar-refractivity contribution in [2.24, 2.45) is 51.8 Å². The van der Waals surface area contributed by atoms with E-state index in [1.54, 1.807) is 12.1 Å².